The van der Waals surface area contributed by atoms with E-state index in [4.69, 9.17) is 0 Å². The molecule has 230 valence electrons. The first-order chi connectivity index (χ1) is 20.9. The maximum atomic E-state index is 14.9. The van der Waals surface area contributed by atoms with Crippen LogP contribution in [-0.4, -0.2) is 59.8 Å². The fraction of sp³-hybridized carbons (Fsp3) is 0.364. The predicted molar refractivity (Wildman–Crippen MR) is 160 cm³/mol. The lowest BCUT2D eigenvalue weighted by Gasteiger charge is -2.33. The van der Waals surface area contributed by atoms with Gasteiger partial charge in [0.2, 0.25) is 5.91 Å². The molecule has 1 aliphatic heterocycles. The minimum absolute atomic E-state index is 0.0433. The highest BCUT2D eigenvalue weighted by Crippen LogP contribution is 2.35. The fourth-order valence-electron chi connectivity index (χ4n) is 4.96. The van der Waals surface area contributed by atoms with Crippen molar-refractivity contribution in [3.05, 3.63) is 87.4 Å². The van der Waals surface area contributed by atoms with Crippen LogP contribution >= 0.6 is 0 Å². The van der Waals surface area contributed by atoms with Crippen molar-refractivity contribution in [1.82, 2.24) is 14.8 Å². The third kappa shape index (κ3) is 7.62. The number of carbonyl (C=O) groups is 2. The van der Waals surface area contributed by atoms with Gasteiger partial charge in [0.15, 0.2) is 0 Å². The van der Waals surface area contributed by atoms with Crippen LogP contribution in [0.3, 0.4) is 0 Å². The van der Waals surface area contributed by atoms with Gasteiger partial charge in [-0.25, -0.2) is 9.37 Å². The number of benzene rings is 2. The zero-order chi connectivity index (χ0) is 31.6. The first-order valence-electron chi connectivity index (χ1n) is 14.4. The summed E-state index contributed by atoms with van der Waals surface area (Å²) in [4.78, 5) is 33.5. The van der Waals surface area contributed by atoms with Crippen LogP contribution in [0.1, 0.15) is 56.6 Å². The topological polar surface area (TPSA) is 77.6 Å². The van der Waals surface area contributed by atoms with Crippen LogP contribution in [0, 0.1) is 37.4 Å². The average molecular weight is 608 g/mol. The second-order valence-corrected chi connectivity index (χ2v) is 11.5. The SMILES string of the molecule is Cc1cc(F)c(C(=O)Nc2ccc(CN3CCN(C)CC3)c(C(F)(F)F)c2)cc1C#Cc1cnc(NC(=O)C2CC2)c(C)c1. The number of nitrogens with zero attached hydrogens (tertiary/aromatic N) is 3. The Balaban J connectivity index is 1.33. The molecule has 0 atom stereocenters. The number of likely N-dealkylation sites (N-methyl/N-ethyl adjacent to an activating group) is 1. The minimum Gasteiger partial charge on any atom is -0.322 e. The molecule has 7 nitrogen and oxygen atoms in total. The number of anilines is 2. The van der Waals surface area contributed by atoms with Gasteiger partial charge in [-0.1, -0.05) is 17.9 Å². The van der Waals surface area contributed by atoms with Crippen LogP contribution in [0.25, 0.3) is 0 Å². The molecule has 1 saturated carbocycles. The molecule has 0 bridgehead atoms. The number of carbonyl (C=O) groups excluding carboxylic acids is 2. The number of halogens is 4. The first kappa shape index (κ1) is 31.2. The van der Waals surface area contributed by atoms with Crippen molar-refractivity contribution in [2.45, 2.75) is 39.4 Å². The average Bonchev–Trinajstić information content (AvgIpc) is 3.81. The molecule has 1 aromatic heterocycles. The number of piperazine rings is 1. The summed E-state index contributed by atoms with van der Waals surface area (Å²) >= 11 is 0. The maximum absolute atomic E-state index is 14.9. The monoisotopic (exact) mass is 607 g/mol. The summed E-state index contributed by atoms with van der Waals surface area (Å²) in [5.41, 5.74) is 0.979. The Morgan fingerprint density at radius 3 is 2.36 bits per heavy atom. The summed E-state index contributed by atoms with van der Waals surface area (Å²) in [6, 6.07) is 7.86. The Morgan fingerprint density at radius 2 is 1.70 bits per heavy atom. The molecule has 5 rings (SSSR count). The smallest absolute Gasteiger partial charge is 0.322 e. The highest BCUT2D eigenvalue weighted by Gasteiger charge is 2.34. The van der Waals surface area contributed by atoms with E-state index in [9.17, 15) is 27.2 Å². The van der Waals surface area contributed by atoms with Gasteiger partial charge in [-0.15, -0.1) is 0 Å². The van der Waals surface area contributed by atoms with E-state index in [0.29, 0.717) is 35.6 Å². The van der Waals surface area contributed by atoms with Crippen molar-refractivity contribution in [3.8, 4) is 11.8 Å². The van der Waals surface area contributed by atoms with Gasteiger partial charge < -0.3 is 15.5 Å². The van der Waals surface area contributed by atoms with Gasteiger partial charge >= 0.3 is 6.18 Å². The van der Waals surface area contributed by atoms with Crippen LogP contribution in [0.15, 0.2) is 42.6 Å². The zero-order valence-electron chi connectivity index (χ0n) is 24.7. The Labute approximate surface area is 253 Å². The molecule has 2 N–H and O–H groups in total. The molecule has 2 fully saturated rings. The van der Waals surface area contributed by atoms with Gasteiger partial charge in [-0.2, -0.15) is 13.2 Å². The molecule has 44 heavy (non-hydrogen) atoms. The maximum Gasteiger partial charge on any atom is 0.416 e. The van der Waals surface area contributed by atoms with Gasteiger partial charge in [0.1, 0.15) is 11.6 Å². The van der Waals surface area contributed by atoms with Crippen molar-refractivity contribution in [1.29, 1.82) is 0 Å². The van der Waals surface area contributed by atoms with Crippen molar-refractivity contribution in [2.75, 3.05) is 43.9 Å². The van der Waals surface area contributed by atoms with E-state index < -0.39 is 23.5 Å². The van der Waals surface area contributed by atoms with Gasteiger partial charge in [-0.05, 0) is 80.8 Å². The van der Waals surface area contributed by atoms with Gasteiger partial charge in [-0.3, -0.25) is 14.5 Å². The number of rotatable bonds is 6. The molecule has 2 aliphatic rings. The van der Waals surface area contributed by atoms with Gasteiger partial charge in [0.25, 0.3) is 5.91 Å². The normalized spacial score (nSPS) is 15.8. The van der Waals surface area contributed by atoms with Crippen molar-refractivity contribution in [3.63, 3.8) is 0 Å². The first-order valence-corrected chi connectivity index (χ1v) is 14.4. The quantitative estimate of drug-likeness (QED) is 0.282. The standard InChI is InChI=1S/C33H33F4N5O2/c1-20-15-29(34)27(16-24(20)5-4-22-14-21(2)30(38-18-22)40-31(43)23-6-7-23)32(44)39-26-9-8-25(28(17-26)33(35,36)37)19-42-12-10-41(3)11-13-42/h8-9,14-18,23H,6-7,10-13,19H2,1-3H3,(H,39,44)(H,38,40,43). The van der Waals surface area contributed by atoms with Gasteiger partial charge in [0, 0.05) is 61.7 Å². The van der Waals surface area contributed by atoms with Crippen LogP contribution < -0.4 is 10.6 Å². The molecule has 1 saturated heterocycles. The summed E-state index contributed by atoms with van der Waals surface area (Å²) in [6.07, 6.45) is -1.36. The molecule has 2 aromatic carbocycles. The Morgan fingerprint density at radius 1 is 0.977 bits per heavy atom. The molecular weight excluding hydrogens is 574 g/mol. The number of amides is 2. The van der Waals surface area contributed by atoms with E-state index in [2.05, 4.69) is 32.4 Å². The van der Waals surface area contributed by atoms with Crippen LogP contribution in [-0.2, 0) is 17.5 Å². The molecule has 11 heteroatoms. The van der Waals surface area contributed by atoms with E-state index in [1.165, 1.54) is 30.5 Å². The Hall–Kier alpha value is -4.27. The summed E-state index contributed by atoms with van der Waals surface area (Å²) in [5, 5.41) is 5.23. The third-order valence-electron chi connectivity index (χ3n) is 7.83. The number of pyridine rings is 1. The molecule has 2 heterocycles. The summed E-state index contributed by atoms with van der Waals surface area (Å²) in [5.74, 6) is 4.62. The van der Waals surface area contributed by atoms with E-state index in [1.807, 2.05) is 11.9 Å². The van der Waals surface area contributed by atoms with Crippen LogP contribution in [0.2, 0.25) is 0 Å². The summed E-state index contributed by atoms with van der Waals surface area (Å²) in [7, 11) is 1.97. The van der Waals surface area contributed by atoms with E-state index in [1.54, 1.807) is 19.9 Å². The van der Waals surface area contributed by atoms with Gasteiger partial charge in [0.05, 0.1) is 11.1 Å². The number of hydrogen-bond donors (Lipinski definition) is 2. The second kappa shape index (κ2) is 12.8. The van der Waals surface area contributed by atoms with Crippen LogP contribution in [0.4, 0.5) is 29.1 Å². The fourth-order valence-corrected chi connectivity index (χ4v) is 4.96. The lowest BCUT2D eigenvalue weighted by Crippen LogP contribution is -2.44. The number of alkyl halides is 3. The number of aromatic nitrogens is 1. The molecule has 0 spiro atoms. The number of aryl methyl sites for hydroxylation is 2. The molecule has 1 aliphatic carbocycles. The lowest BCUT2D eigenvalue weighted by molar-refractivity contribution is -0.138. The highest BCUT2D eigenvalue weighted by atomic mass is 19.4. The Kier molecular flexibility index (Phi) is 9.04. The highest BCUT2D eigenvalue weighted by molar-refractivity contribution is 6.04. The molecule has 2 amide bonds. The second-order valence-electron chi connectivity index (χ2n) is 11.5. The minimum atomic E-state index is -4.63. The number of hydrogen-bond acceptors (Lipinski definition) is 5. The number of nitrogens with one attached hydrogen (secondary N) is 2. The van der Waals surface area contributed by atoms with Crippen molar-refractivity contribution < 1.29 is 27.2 Å². The zero-order valence-corrected chi connectivity index (χ0v) is 24.7. The molecule has 0 unspecified atom stereocenters. The van der Waals surface area contributed by atoms with E-state index in [0.717, 1.165) is 37.6 Å². The summed E-state index contributed by atoms with van der Waals surface area (Å²) in [6.45, 7) is 6.44. The van der Waals surface area contributed by atoms with E-state index in [-0.39, 0.29) is 35.2 Å². The predicted octanol–water partition coefficient (Wildman–Crippen LogP) is 5.60. The lowest BCUT2D eigenvalue weighted by atomic mass is 10.0. The largest absolute Gasteiger partial charge is 0.416 e. The molecule has 3 aromatic rings. The molecular formula is C33H33F4N5O2. The third-order valence-corrected chi connectivity index (χ3v) is 7.83. The van der Waals surface area contributed by atoms with Crippen LogP contribution in [0.5, 0.6) is 0 Å². The van der Waals surface area contributed by atoms with E-state index >= 15 is 0 Å². The summed E-state index contributed by atoms with van der Waals surface area (Å²) < 4.78 is 56.9. The Bertz CT molecular complexity index is 1650. The van der Waals surface area contributed by atoms with Crippen molar-refractivity contribution in [2.24, 2.45) is 5.92 Å². The van der Waals surface area contributed by atoms with Crippen molar-refractivity contribution >= 4 is 23.3 Å². The molecule has 0 radical (unpaired) electrons.